The minimum atomic E-state index is 0.164. The van der Waals surface area contributed by atoms with E-state index in [0.29, 0.717) is 6.42 Å². The molecule has 0 unspecified atom stereocenters. The van der Waals surface area contributed by atoms with Crippen molar-refractivity contribution in [3.8, 4) is 5.75 Å². The summed E-state index contributed by atoms with van der Waals surface area (Å²) in [7, 11) is 1.61. The first-order chi connectivity index (χ1) is 6.77. The molecule has 2 nitrogen and oxygen atoms in total. The van der Waals surface area contributed by atoms with Crippen molar-refractivity contribution >= 4 is 5.78 Å². The molecule has 0 bridgehead atoms. The molecule has 0 aliphatic rings. The highest BCUT2D eigenvalue weighted by molar-refractivity contribution is 5.95. The number of carbonyl (C=O) groups is 1. The van der Waals surface area contributed by atoms with E-state index in [-0.39, 0.29) is 5.78 Å². The third kappa shape index (κ3) is 3.60. The summed E-state index contributed by atoms with van der Waals surface area (Å²) in [4.78, 5) is 11.2. The Labute approximate surface area is 85.9 Å². The van der Waals surface area contributed by atoms with Gasteiger partial charge in [0, 0.05) is 12.0 Å². The van der Waals surface area contributed by atoms with Gasteiger partial charge in [0.2, 0.25) is 0 Å². The molecule has 0 aliphatic heterocycles. The van der Waals surface area contributed by atoms with E-state index >= 15 is 0 Å². The van der Waals surface area contributed by atoms with Crippen LogP contribution < -0.4 is 4.74 Å². The minimum Gasteiger partial charge on any atom is -0.497 e. The largest absolute Gasteiger partial charge is 0.497 e. The van der Waals surface area contributed by atoms with Crippen LogP contribution in [0.5, 0.6) is 5.75 Å². The van der Waals surface area contributed by atoms with Crippen molar-refractivity contribution < 1.29 is 9.53 Å². The number of benzene rings is 1. The fourth-order valence-corrected chi connectivity index (χ4v) is 0.981. The maximum absolute atomic E-state index is 11.2. The lowest BCUT2D eigenvalue weighted by Gasteiger charge is -2.00. The number of methoxy groups -OCH3 is 1. The van der Waals surface area contributed by atoms with Crippen molar-refractivity contribution in [2.45, 2.75) is 27.2 Å². The number of rotatable bonds is 3. The highest BCUT2D eigenvalue weighted by Gasteiger charge is 2.01. The number of Topliss-reactive ketones (excluding diaryl/α,β-unsaturated/α-hetero) is 1. The minimum absolute atomic E-state index is 0.164. The average molecular weight is 194 g/mol. The van der Waals surface area contributed by atoms with Crippen molar-refractivity contribution in [3.63, 3.8) is 0 Å². The molecule has 0 aliphatic carbocycles. The van der Waals surface area contributed by atoms with Gasteiger partial charge in [-0.15, -0.1) is 0 Å². The highest BCUT2D eigenvalue weighted by Crippen LogP contribution is 2.12. The van der Waals surface area contributed by atoms with Crippen molar-refractivity contribution in [2.75, 3.05) is 7.11 Å². The van der Waals surface area contributed by atoms with E-state index in [9.17, 15) is 4.79 Å². The first kappa shape index (κ1) is 12.7. The topological polar surface area (TPSA) is 26.3 Å². The number of hydrogen-bond acceptors (Lipinski definition) is 2. The Morgan fingerprint density at radius 3 is 2.07 bits per heavy atom. The molecule has 0 spiro atoms. The van der Waals surface area contributed by atoms with Gasteiger partial charge in [-0.05, 0) is 24.3 Å². The lowest BCUT2D eigenvalue weighted by Crippen LogP contribution is -1.95. The highest BCUT2D eigenvalue weighted by atomic mass is 16.5. The summed E-state index contributed by atoms with van der Waals surface area (Å²) in [6.07, 6.45) is 0.548. The second-order valence-electron chi connectivity index (χ2n) is 2.51. The van der Waals surface area contributed by atoms with Crippen molar-refractivity contribution in [1.82, 2.24) is 0 Å². The zero-order valence-corrected chi connectivity index (χ0v) is 9.33. The van der Waals surface area contributed by atoms with Crippen LogP contribution in [0.3, 0.4) is 0 Å². The van der Waals surface area contributed by atoms with E-state index in [1.54, 1.807) is 31.4 Å². The van der Waals surface area contributed by atoms with Gasteiger partial charge in [-0.25, -0.2) is 0 Å². The quantitative estimate of drug-likeness (QED) is 0.690. The van der Waals surface area contributed by atoms with Crippen LogP contribution in [0.15, 0.2) is 24.3 Å². The monoisotopic (exact) mass is 194 g/mol. The maximum Gasteiger partial charge on any atom is 0.162 e. The molecule has 0 fully saturated rings. The Bertz CT molecular complexity index is 262. The first-order valence-corrected chi connectivity index (χ1v) is 4.95. The zero-order valence-electron chi connectivity index (χ0n) is 9.33. The second-order valence-corrected chi connectivity index (χ2v) is 2.51. The van der Waals surface area contributed by atoms with Crippen LogP contribution in [0.25, 0.3) is 0 Å². The number of hydrogen-bond donors (Lipinski definition) is 0. The summed E-state index contributed by atoms with van der Waals surface area (Å²) < 4.78 is 4.97. The first-order valence-electron chi connectivity index (χ1n) is 4.95. The standard InChI is InChI=1S/C10H12O2.C2H6/c1-3-10(11)8-4-6-9(12-2)7-5-8;1-2/h4-7H,3H2,1-2H3;1-2H3. The third-order valence-electron chi connectivity index (χ3n) is 1.73. The molecule has 2 heteroatoms. The third-order valence-corrected chi connectivity index (χ3v) is 1.73. The molecule has 0 heterocycles. The molecular weight excluding hydrogens is 176 g/mol. The average Bonchev–Trinajstić information content (AvgIpc) is 2.31. The van der Waals surface area contributed by atoms with Gasteiger partial charge in [0.15, 0.2) is 5.78 Å². The summed E-state index contributed by atoms with van der Waals surface area (Å²) in [6.45, 7) is 5.85. The van der Waals surface area contributed by atoms with Crippen LogP contribution in [0.1, 0.15) is 37.6 Å². The Morgan fingerprint density at radius 2 is 1.71 bits per heavy atom. The summed E-state index contributed by atoms with van der Waals surface area (Å²) in [5.74, 6) is 0.945. The van der Waals surface area contributed by atoms with Gasteiger partial charge in [-0.2, -0.15) is 0 Å². The summed E-state index contributed by atoms with van der Waals surface area (Å²) >= 11 is 0. The summed E-state index contributed by atoms with van der Waals surface area (Å²) in [5.41, 5.74) is 0.748. The SMILES string of the molecule is CC.CCC(=O)c1ccc(OC)cc1. The van der Waals surface area contributed by atoms with E-state index in [1.807, 2.05) is 20.8 Å². The summed E-state index contributed by atoms with van der Waals surface area (Å²) in [6, 6.07) is 7.15. The van der Waals surface area contributed by atoms with Gasteiger partial charge < -0.3 is 4.74 Å². The Hall–Kier alpha value is -1.31. The predicted octanol–water partition coefficient (Wildman–Crippen LogP) is 3.31. The van der Waals surface area contributed by atoms with Gasteiger partial charge in [-0.3, -0.25) is 4.79 Å². The molecule has 78 valence electrons. The van der Waals surface area contributed by atoms with E-state index < -0.39 is 0 Å². The molecule has 0 saturated heterocycles. The fraction of sp³-hybridized carbons (Fsp3) is 0.417. The molecule has 0 atom stereocenters. The Kier molecular flexibility index (Phi) is 6.46. The molecule has 0 radical (unpaired) electrons. The van der Waals surface area contributed by atoms with E-state index in [1.165, 1.54) is 0 Å². The number of carbonyl (C=O) groups excluding carboxylic acids is 1. The van der Waals surface area contributed by atoms with E-state index in [4.69, 9.17) is 4.74 Å². The van der Waals surface area contributed by atoms with Gasteiger partial charge in [0.25, 0.3) is 0 Å². The van der Waals surface area contributed by atoms with Crippen molar-refractivity contribution in [3.05, 3.63) is 29.8 Å². The maximum atomic E-state index is 11.2. The zero-order chi connectivity index (χ0) is 11.0. The molecule has 0 N–H and O–H groups in total. The lowest BCUT2D eigenvalue weighted by molar-refractivity contribution is 0.0988. The van der Waals surface area contributed by atoms with Gasteiger partial charge in [0.1, 0.15) is 5.75 Å². The predicted molar refractivity (Wildman–Crippen MR) is 59.0 cm³/mol. The summed E-state index contributed by atoms with van der Waals surface area (Å²) in [5, 5.41) is 0. The molecule has 1 rings (SSSR count). The molecule has 1 aromatic rings. The Morgan fingerprint density at radius 1 is 1.21 bits per heavy atom. The smallest absolute Gasteiger partial charge is 0.162 e. The number of ketones is 1. The lowest BCUT2D eigenvalue weighted by atomic mass is 10.1. The van der Waals surface area contributed by atoms with Crippen LogP contribution in [0, 0.1) is 0 Å². The van der Waals surface area contributed by atoms with Gasteiger partial charge in [-0.1, -0.05) is 20.8 Å². The van der Waals surface area contributed by atoms with Gasteiger partial charge >= 0.3 is 0 Å². The molecule has 14 heavy (non-hydrogen) atoms. The van der Waals surface area contributed by atoms with Gasteiger partial charge in [0.05, 0.1) is 7.11 Å². The van der Waals surface area contributed by atoms with Crippen LogP contribution >= 0.6 is 0 Å². The molecule has 0 saturated carbocycles. The Balaban J connectivity index is 0.000000791. The molecular formula is C12H18O2. The van der Waals surface area contributed by atoms with Crippen LogP contribution in [-0.2, 0) is 0 Å². The molecule has 0 aromatic heterocycles. The van der Waals surface area contributed by atoms with Crippen LogP contribution in [0.2, 0.25) is 0 Å². The van der Waals surface area contributed by atoms with E-state index in [0.717, 1.165) is 11.3 Å². The molecule has 1 aromatic carbocycles. The van der Waals surface area contributed by atoms with Crippen LogP contribution in [-0.4, -0.2) is 12.9 Å². The second kappa shape index (κ2) is 7.13. The number of ether oxygens (including phenoxy) is 1. The fourth-order valence-electron chi connectivity index (χ4n) is 0.981. The normalized spacial score (nSPS) is 8.57. The molecule has 0 amide bonds. The van der Waals surface area contributed by atoms with Crippen molar-refractivity contribution in [1.29, 1.82) is 0 Å². The van der Waals surface area contributed by atoms with Crippen LogP contribution in [0.4, 0.5) is 0 Å². The van der Waals surface area contributed by atoms with E-state index in [2.05, 4.69) is 0 Å². The van der Waals surface area contributed by atoms with Crippen molar-refractivity contribution in [2.24, 2.45) is 0 Å².